The Bertz CT molecular complexity index is 1280. The van der Waals surface area contributed by atoms with Crippen molar-refractivity contribution in [2.45, 2.75) is 44.6 Å². The largest absolute Gasteiger partial charge is 0.335 e. The van der Waals surface area contributed by atoms with E-state index in [2.05, 4.69) is 31.3 Å². The third kappa shape index (κ3) is 6.36. The van der Waals surface area contributed by atoms with Gasteiger partial charge in [0.05, 0.1) is 23.1 Å². The number of carbonyl (C=O) groups excluding carboxylic acids is 2. The van der Waals surface area contributed by atoms with Crippen LogP contribution in [0.3, 0.4) is 0 Å². The number of nitrogens with zero attached hydrogens (tertiary/aromatic N) is 1. The maximum atomic E-state index is 13.1. The lowest BCUT2D eigenvalue weighted by molar-refractivity contribution is -0.115. The first-order valence-corrected chi connectivity index (χ1v) is 13.4. The van der Waals surface area contributed by atoms with Crippen LogP contribution >= 0.6 is 0 Å². The Kier molecular flexibility index (Phi) is 8.46. The summed E-state index contributed by atoms with van der Waals surface area (Å²) in [7, 11) is -1.45. The molecule has 0 aromatic heterocycles. The van der Waals surface area contributed by atoms with Crippen LogP contribution in [0.15, 0.2) is 77.7 Å². The van der Waals surface area contributed by atoms with Crippen molar-refractivity contribution in [3.8, 4) is 0 Å². The van der Waals surface area contributed by atoms with Gasteiger partial charge in [0, 0.05) is 18.3 Å². The third-order valence-corrected chi connectivity index (χ3v) is 7.92. The number of nitrogens with one attached hydrogen (secondary N) is 1. The molecule has 1 atom stereocenters. The number of carbonyl (C=O) groups is 2. The molecular weight excluding hydrogens is 460 g/mol. The minimum absolute atomic E-state index is 0.0261. The van der Waals surface area contributed by atoms with Gasteiger partial charge in [-0.1, -0.05) is 50.2 Å². The predicted octanol–water partition coefficient (Wildman–Crippen LogP) is 5.19. The second kappa shape index (κ2) is 11.3. The molecule has 0 saturated heterocycles. The molecule has 0 aliphatic heterocycles. The number of sulfone groups is 1. The number of hydrogen-bond acceptors (Lipinski definition) is 4. The highest BCUT2D eigenvalue weighted by molar-refractivity contribution is 7.91. The standard InChI is InChI=1S/C28H32N2O4S/c1-5-26(25-10-8-7-9-20(25)3)30(4)28(32)22-13-15-23(16-14-22)29-27(31)19-21-11-17-24(18-12-21)35(33,34)6-2/h7-18,26H,5-6,19H2,1-4H3,(H,29,31). The molecule has 2 amide bonds. The van der Waals surface area contributed by atoms with Gasteiger partial charge in [0.2, 0.25) is 5.91 Å². The molecule has 7 heteroatoms. The van der Waals surface area contributed by atoms with Crippen molar-refractivity contribution >= 4 is 27.3 Å². The van der Waals surface area contributed by atoms with Crippen LogP contribution < -0.4 is 5.32 Å². The number of benzene rings is 3. The van der Waals surface area contributed by atoms with Gasteiger partial charge in [-0.05, 0) is 66.4 Å². The molecule has 1 unspecified atom stereocenters. The predicted molar refractivity (Wildman–Crippen MR) is 139 cm³/mol. The van der Waals surface area contributed by atoms with E-state index in [1.807, 2.05) is 19.2 Å². The van der Waals surface area contributed by atoms with Crippen LogP contribution in [-0.4, -0.2) is 37.9 Å². The van der Waals surface area contributed by atoms with Crippen molar-refractivity contribution in [1.82, 2.24) is 4.90 Å². The molecule has 3 rings (SSSR count). The molecule has 0 heterocycles. The zero-order valence-electron chi connectivity index (χ0n) is 20.6. The van der Waals surface area contributed by atoms with Crippen molar-refractivity contribution in [3.05, 3.63) is 95.1 Å². The third-order valence-electron chi connectivity index (χ3n) is 6.16. The molecule has 0 aliphatic rings. The van der Waals surface area contributed by atoms with Crippen LogP contribution in [0, 0.1) is 6.92 Å². The van der Waals surface area contributed by atoms with E-state index in [4.69, 9.17) is 0 Å². The van der Waals surface area contributed by atoms with Gasteiger partial charge in [-0.2, -0.15) is 0 Å². The summed E-state index contributed by atoms with van der Waals surface area (Å²) >= 11 is 0. The fourth-order valence-corrected chi connectivity index (χ4v) is 4.96. The van der Waals surface area contributed by atoms with Gasteiger partial charge in [-0.3, -0.25) is 9.59 Å². The van der Waals surface area contributed by atoms with Gasteiger partial charge < -0.3 is 10.2 Å². The van der Waals surface area contributed by atoms with Crippen molar-refractivity contribution in [2.24, 2.45) is 0 Å². The van der Waals surface area contributed by atoms with Crippen LogP contribution in [0.2, 0.25) is 0 Å². The van der Waals surface area contributed by atoms with Crippen LogP contribution in [-0.2, 0) is 21.1 Å². The number of aryl methyl sites for hydroxylation is 1. The molecule has 0 aliphatic carbocycles. The van der Waals surface area contributed by atoms with Gasteiger partial charge >= 0.3 is 0 Å². The van der Waals surface area contributed by atoms with E-state index < -0.39 is 9.84 Å². The maximum absolute atomic E-state index is 13.1. The number of amides is 2. The second-order valence-corrected chi connectivity index (χ2v) is 10.8. The van der Waals surface area contributed by atoms with Gasteiger partial charge in [0.25, 0.3) is 5.91 Å². The first kappa shape index (κ1) is 26.2. The van der Waals surface area contributed by atoms with Crippen molar-refractivity contribution in [2.75, 3.05) is 18.1 Å². The zero-order valence-corrected chi connectivity index (χ0v) is 21.4. The lowest BCUT2D eigenvalue weighted by Crippen LogP contribution is -2.31. The van der Waals surface area contributed by atoms with Crippen molar-refractivity contribution in [3.63, 3.8) is 0 Å². The highest BCUT2D eigenvalue weighted by Crippen LogP contribution is 2.27. The first-order valence-electron chi connectivity index (χ1n) is 11.7. The molecule has 6 nitrogen and oxygen atoms in total. The number of hydrogen-bond donors (Lipinski definition) is 1. The van der Waals surface area contributed by atoms with E-state index in [1.54, 1.807) is 48.2 Å². The normalized spacial score (nSPS) is 12.1. The van der Waals surface area contributed by atoms with E-state index in [1.165, 1.54) is 12.1 Å². The molecule has 0 bridgehead atoms. The van der Waals surface area contributed by atoms with Crippen LogP contribution in [0.5, 0.6) is 0 Å². The quantitative estimate of drug-likeness (QED) is 0.445. The second-order valence-electron chi connectivity index (χ2n) is 8.55. The fraction of sp³-hybridized carbons (Fsp3) is 0.286. The van der Waals surface area contributed by atoms with Gasteiger partial charge in [0.15, 0.2) is 9.84 Å². The van der Waals surface area contributed by atoms with E-state index in [0.717, 1.165) is 17.5 Å². The number of anilines is 1. The Morgan fingerprint density at radius 3 is 2.11 bits per heavy atom. The maximum Gasteiger partial charge on any atom is 0.254 e. The Morgan fingerprint density at radius 1 is 0.914 bits per heavy atom. The van der Waals surface area contributed by atoms with Crippen LogP contribution in [0.1, 0.15) is 53.4 Å². The Hall–Kier alpha value is -3.45. The van der Waals surface area contributed by atoms with Crippen molar-refractivity contribution < 1.29 is 18.0 Å². The molecule has 0 saturated carbocycles. The van der Waals surface area contributed by atoms with E-state index >= 15 is 0 Å². The van der Waals surface area contributed by atoms with Gasteiger partial charge in [0.1, 0.15) is 0 Å². The fourth-order valence-electron chi connectivity index (χ4n) is 4.08. The molecule has 35 heavy (non-hydrogen) atoms. The lowest BCUT2D eigenvalue weighted by Gasteiger charge is -2.29. The highest BCUT2D eigenvalue weighted by Gasteiger charge is 2.22. The van der Waals surface area contributed by atoms with Gasteiger partial charge in [-0.25, -0.2) is 8.42 Å². The summed E-state index contributed by atoms with van der Waals surface area (Å²) in [6.45, 7) is 5.71. The molecule has 0 spiro atoms. The Labute approximate surface area is 207 Å². The van der Waals surface area contributed by atoms with Crippen molar-refractivity contribution in [1.29, 1.82) is 0 Å². The Balaban J connectivity index is 1.63. The Morgan fingerprint density at radius 2 is 1.54 bits per heavy atom. The molecule has 3 aromatic rings. The molecule has 0 fully saturated rings. The first-order chi connectivity index (χ1) is 16.7. The minimum Gasteiger partial charge on any atom is -0.335 e. The molecular formula is C28H32N2O4S. The summed E-state index contributed by atoms with van der Waals surface area (Å²) in [4.78, 5) is 27.6. The average Bonchev–Trinajstić information content (AvgIpc) is 2.85. The van der Waals surface area contributed by atoms with E-state index in [-0.39, 0.29) is 34.9 Å². The van der Waals surface area contributed by atoms with Crippen LogP contribution in [0.25, 0.3) is 0 Å². The molecule has 0 radical (unpaired) electrons. The summed E-state index contributed by atoms with van der Waals surface area (Å²) in [5.74, 6) is -0.274. The summed E-state index contributed by atoms with van der Waals surface area (Å²) in [5, 5.41) is 2.83. The van der Waals surface area contributed by atoms with Gasteiger partial charge in [-0.15, -0.1) is 0 Å². The molecule has 1 N–H and O–H groups in total. The van der Waals surface area contributed by atoms with E-state index in [9.17, 15) is 18.0 Å². The summed E-state index contributed by atoms with van der Waals surface area (Å²) in [6.07, 6.45) is 0.914. The summed E-state index contributed by atoms with van der Waals surface area (Å²) < 4.78 is 23.9. The monoisotopic (exact) mass is 492 g/mol. The summed E-state index contributed by atoms with van der Waals surface area (Å²) in [6, 6.07) is 21.3. The molecule has 3 aromatic carbocycles. The summed E-state index contributed by atoms with van der Waals surface area (Å²) in [5.41, 5.74) is 4.14. The number of rotatable bonds is 9. The minimum atomic E-state index is -3.27. The SMILES string of the molecule is CCC(c1ccccc1C)N(C)C(=O)c1ccc(NC(=O)Cc2ccc(S(=O)(=O)CC)cc2)cc1. The average molecular weight is 493 g/mol. The topological polar surface area (TPSA) is 83.6 Å². The highest BCUT2D eigenvalue weighted by atomic mass is 32.2. The zero-order chi connectivity index (χ0) is 25.6. The smallest absolute Gasteiger partial charge is 0.254 e. The lowest BCUT2D eigenvalue weighted by atomic mass is 9.97. The van der Waals surface area contributed by atoms with Crippen LogP contribution in [0.4, 0.5) is 5.69 Å². The van der Waals surface area contributed by atoms with E-state index in [0.29, 0.717) is 16.8 Å². The molecule has 184 valence electrons.